The number of hydrogen-bond acceptors (Lipinski definition) is 3. The molecule has 1 aliphatic carbocycles. The van der Waals surface area contributed by atoms with Gasteiger partial charge in [0.2, 0.25) is 5.91 Å². The van der Waals surface area contributed by atoms with Crippen molar-refractivity contribution in [2.45, 2.75) is 51.1 Å². The van der Waals surface area contributed by atoms with Gasteiger partial charge in [-0.25, -0.2) is 0 Å². The van der Waals surface area contributed by atoms with Gasteiger partial charge in [-0.1, -0.05) is 44.2 Å². The Morgan fingerprint density at radius 2 is 1.91 bits per heavy atom. The summed E-state index contributed by atoms with van der Waals surface area (Å²) in [5.74, 6) is 1.50. The van der Waals surface area contributed by atoms with Crippen LogP contribution in [-0.4, -0.2) is 31.0 Å². The number of hydrogen-bond donors (Lipinski definition) is 1. The minimum Gasteiger partial charge on any atom is -0.497 e. The van der Waals surface area contributed by atoms with Crippen LogP contribution in [0.3, 0.4) is 0 Å². The normalized spacial score (nSPS) is 17.0. The van der Waals surface area contributed by atoms with Gasteiger partial charge in [-0.05, 0) is 30.0 Å². The molecule has 0 saturated heterocycles. The maximum absolute atomic E-state index is 12.4. The number of likely N-dealkylation sites (N-methyl/N-ethyl adjacent to an activating group) is 1. The van der Waals surface area contributed by atoms with Crippen LogP contribution in [-0.2, 0) is 11.3 Å². The van der Waals surface area contributed by atoms with Gasteiger partial charge in [0.1, 0.15) is 5.75 Å². The fourth-order valence-electron chi connectivity index (χ4n) is 3.25. The van der Waals surface area contributed by atoms with E-state index in [-0.39, 0.29) is 11.9 Å². The predicted molar refractivity (Wildman–Crippen MR) is 88.6 cm³/mol. The van der Waals surface area contributed by atoms with E-state index in [0.717, 1.165) is 17.7 Å². The molecule has 1 aliphatic rings. The summed E-state index contributed by atoms with van der Waals surface area (Å²) in [6, 6.07) is 7.42. The number of ether oxygens (including phenoxy) is 1. The van der Waals surface area contributed by atoms with E-state index in [9.17, 15) is 4.79 Å². The van der Waals surface area contributed by atoms with Gasteiger partial charge in [0.25, 0.3) is 0 Å². The Bertz CT molecular complexity index is 466. The van der Waals surface area contributed by atoms with E-state index < -0.39 is 0 Å². The molecule has 0 radical (unpaired) electrons. The monoisotopic (exact) mass is 304 g/mol. The molecule has 0 bridgehead atoms. The van der Waals surface area contributed by atoms with Crippen molar-refractivity contribution < 1.29 is 9.53 Å². The maximum Gasteiger partial charge on any atom is 0.239 e. The fraction of sp³-hybridized carbons (Fsp3) is 0.611. The Balaban J connectivity index is 1.84. The third kappa shape index (κ3) is 4.73. The van der Waals surface area contributed by atoms with Gasteiger partial charge in [-0.15, -0.1) is 0 Å². The number of benzene rings is 1. The van der Waals surface area contributed by atoms with Crippen molar-refractivity contribution in [1.29, 1.82) is 0 Å². The summed E-state index contributed by atoms with van der Waals surface area (Å²) in [6.07, 6.45) is 7.18. The van der Waals surface area contributed by atoms with E-state index in [1.807, 2.05) is 31.3 Å². The van der Waals surface area contributed by atoms with Gasteiger partial charge >= 0.3 is 0 Å². The number of methoxy groups -OCH3 is 1. The van der Waals surface area contributed by atoms with E-state index in [1.165, 1.54) is 32.1 Å². The molecule has 1 amide bonds. The lowest BCUT2D eigenvalue weighted by Crippen LogP contribution is -2.42. The highest BCUT2D eigenvalue weighted by Crippen LogP contribution is 2.27. The zero-order valence-corrected chi connectivity index (χ0v) is 13.8. The first-order valence-electron chi connectivity index (χ1n) is 8.23. The minimum atomic E-state index is -0.369. The highest BCUT2D eigenvalue weighted by Gasteiger charge is 2.23. The quantitative estimate of drug-likeness (QED) is 0.879. The first-order chi connectivity index (χ1) is 10.6. The molecule has 4 nitrogen and oxygen atoms in total. The summed E-state index contributed by atoms with van der Waals surface area (Å²) >= 11 is 0. The second kappa shape index (κ2) is 8.18. The van der Waals surface area contributed by atoms with Gasteiger partial charge in [0.05, 0.1) is 13.2 Å². The summed E-state index contributed by atoms with van der Waals surface area (Å²) in [7, 11) is 3.47. The Morgan fingerprint density at radius 1 is 1.27 bits per heavy atom. The largest absolute Gasteiger partial charge is 0.497 e. The zero-order chi connectivity index (χ0) is 15.9. The average molecular weight is 304 g/mol. The molecular formula is C18H28N2O2. The van der Waals surface area contributed by atoms with E-state index in [0.29, 0.717) is 12.5 Å². The van der Waals surface area contributed by atoms with Crippen molar-refractivity contribution in [2.24, 2.45) is 11.7 Å². The number of nitrogens with two attached hydrogens (primary N) is 1. The summed E-state index contributed by atoms with van der Waals surface area (Å²) in [6.45, 7) is 0.585. The van der Waals surface area contributed by atoms with E-state index in [2.05, 4.69) is 0 Å². The minimum absolute atomic E-state index is 0.0430. The van der Waals surface area contributed by atoms with Crippen molar-refractivity contribution in [2.75, 3.05) is 14.2 Å². The lowest BCUT2D eigenvalue weighted by atomic mass is 9.85. The lowest BCUT2D eigenvalue weighted by Gasteiger charge is -2.27. The zero-order valence-electron chi connectivity index (χ0n) is 13.8. The van der Waals surface area contributed by atoms with Crippen molar-refractivity contribution >= 4 is 5.91 Å². The molecule has 0 heterocycles. The van der Waals surface area contributed by atoms with Gasteiger partial charge < -0.3 is 15.4 Å². The van der Waals surface area contributed by atoms with Gasteiger partial charge in [0.15, 0.2) is 0 Å². The number of nitrogens with zero attached hydrogens (tertiary/aromatic N) is 1. The highest BCUT2D eigenvalue weighted by atomic mass is 16.5. The van der Waals surface area contributed by atoms with E-state index in [4.69, 9.17) is 10.5 Å². The SMILES string of the molecule is COc1ccc(CN(C)C(=O)C(N)CC2CCCCC2)cc1. The lowest BCUT2D eigenvalue weighted by molar-refractivity contribution is -0.132. The topological polar surface area (TPSA) is 55.6 Å². The average Bonchev–Trinajstić information content (AvgIpc) is 2.55. The summed E-state index contributed by atoms with van der Waals surface area (Å²) < 4.78 is 5.14. The molecule has 0 aliphatic heterocycles. The van der Waals surface area contributed by atoms with Crippen LogP contribution < -0.4 is 10.5 Å². The molecule has 1 aromatic rings. The standard InChI is InChI=1S/C18H28N2O2/c1-20(13-15-8-10-16(22-2)11-9-15)18(21)17(19)12-14-6-4-3-5-7-14/h8-11,14,17H,3-7,12-13,19H2,1-2H3. The number of carbonyl (C=O) groups excluding carboxylic acids is 1. The van der Waals surface area contributed by atoms with Crippen LogP contribution in [0.4, 0.5) is 0 Å². The Hall–Kier alpha value is -1.55. The van der Waals surface area contributed by atoms with Crippen LogP contribution in [0.1, 0.15) is 44.1 Å². The maximum atomic E-state index is 12.4. The first kappa shape index (κ1) is 16.8. The van der Waals surface area contributed by atoms with Crippen molar-refractivity contribution in [3.8, 4) is 5.75 Å². The van der Waals surface area contributed by atoms with Crippen LogP contribution in [0.5, 0.6) is 5.75 Å². The fourth-order valence-corrected chi connectivity index (χ4v) is 3.25. The number of amides is 1. The summed E-state index contributed by atoms with van der Waals surface area (Å²) in [5.41, 5.74) is 7.22. The van der Waals surface area contributed by atoms with Crippen LogP contribution >= 0.6 is 0 Å². The van der Waals surface area contributed by atoms with Crippen molar-refractivity contribution in [3.05, 3.63) is 29.8 Å². The van der Waals surface area contributed by atoms with Crippen LogP contribution in [0.2, 0.25) is 0 Å². The Labute approximate surface area is 133 Å². The molecule has 1 saturated carbocycles. The van der Waals surface area contributed by atoms with Crippen LogP contribution in [0.25, 0.3) is 0 Å². The van der Waals surface area contributed by atoms with E-state index >= 15 is 0 Å². The second-order valence-corrected chi connectivity index (χ2v) is 6.39. The number of rotatable bonds is 6. The van der Waals surface area contributed by atoms with Crippen LogP contribution in [0.15, 0.2) is 24.3 Å². The smallest absolute Gasteiger partial charge is 0.239 e. The summed E-state index contributed by atoms with van der Waals surface area (Å²) in [4.78, 5) is 14.2. The molecule has 2 rings (SSSR count). The Kier molecular flexibility index (Phi) is 6.25. The van der Waals surface area contributed by atoms with E-state index in [1.54, 1.807) is 12.0 Å². The first-order valence-corrected chi connectivity index (χ1v) is 8.23. The number of carbonyl (C=O) groups is 1. The molecule has 1 fully saturated rings. The molecule has 122 valence electrons. The predicted octanol–water partition coefficient (Wildman–Crippen LogP) is 2.95. The third-order valence-corrected chi connectivity index (χ3v) is 4.58. The second-order valence-electron chi connectivity index (χ2n) is 6.39. The molecule has 2 N–H and O–H groups in total. The van der Waals surface area contributed by atoms with Crippen molar-refractivity contribution in [1.82, 2.24) is 4.90 Å². The van der Waals surface area contributed by atoms with Gasteiger partial charge in [-0.2, -0.15) is 0 Å². The molecule has 0 aromatic heterocycles. The molecule has 4 heteroatoms. The summed E-state index contributed by atoms with van der Waals surface area (Å²) in [5, 5.41) is 0. The van der Waals surface area contributed by atoms with Crippen molar-refractivity contribution in [3.63, 3.8) is 0 Å². The molecule has 22 heavy (non-hydrogen) atoms. The van der Waals surface area contributed by atoms with Crippen LogP contribution in [0, 0.1) is 5.92 Å². The Morgan fingerprint density at radius 3 is 2.50 bits per heavy atom. The molecular weight excluding hydrogens is 276 g/mol. The molecule has 1 atom stereocenters. The highest BCUT2D eigenvalue weighted by molar-refractivity contribution is 5.81. The third-order valence-electron chi connectivity index (χ3n) is 4.58. The van der Waals surface area contributed by atoms with Gasteiger partial charge in [-0.3, -0.25) is 4.79 Å². The molecule has 1 unspecified atom stereocenters. The van der Waals surface area contributed by atoms with Gasteiger partial charge in [0, 0.05) is 13.6 Å². The molecule has 1 aromatic carbocycles. The molecule has 0 spiro atoms.